The van der Waals surface area contributed by atoms with Gasteiger partial charge in [-0.05, 0) is 16.7 Å². The zero-order valence-corrected chi connectivity index (χ0v) is 18.2. The molecule has 5 heteroatoms. The van der Waals surface area contributed by atoms with Crippen molar-refractivity contribution in [2.45, 2.75) is 44.1 Å². The van der Waals surface area contributed by atoms with Crippen LogP contribution in [0.25, 0.3) is 0 Å². The monoisotopic (exact) mass is 433 g/mol. The van der Waals surface area contributed by atoms with Gasteiger partial charge in [0.1, 0.15) is 12.2 Å². The van der Waals surface area contributed by atoms with E-state index >= 15 is 0 Å². The van der Waals surface area contributed by atoms with Crippen LogP contribution in [0.1, 0.15) is 16.7 Å². The average molecular weight is 434 g/mol. The lowest BCUT2D eigenvalue weighted by molar-refractivity contribution is -0.194. The topological polar surface area (TPSA) is 62.2 Å². The molecular weight excluding hydrogens is 402 g/mol. The van der Waals surface area contributed by atoms with E-state index in [1.807, 2.05) is 78.9 Å². The number of hydrogen-bond acceptors (Lipinski definition) is 5. The van der Waals surface area contributed by atoms with Crippen molar-refractivity contribution < 1.29 is 19.7 Å². The van der Waals surface area contributed by atoms with Gasteiger partial charge in [0, 0.05) is 13.1 Å². The lowest BCUT2D eigenvalue weighted by Gasteiger charge is -2.46. The number of rotatable bonds is 9. The minimum Gasteiger partial charge on any atom is -0.395 e. The first-order chi connectivity index (χ1) is 15.7. The second-order valence-corrected chi connectivity index (χ2v) is 8.25. The Balaban J connectivity index is 1.53. The first-order valence-corrected chi connectivity index (χ1v) is 11.1. The van der Waals surface area contributed by atoms with Crippen LogP contribution in [-0.4, -0.2) is 52.6 Å². The largest absolute Gasteiger partial charge is 0.395 e. The normalized spacial score (nSPS) is 23.8. The van der Waals surface area contributed by atoms with Crippen LogP contribution in [0.2, 0.25) is 0 Å². The van der Waals surface area contributed by atoms with Gasteiger partial charge in [0.2, 0.25) is 0 Å². The highest BCUT2D eigenvalue weighted by molar-refractivity contribution is 5.17. The van der Waals surface area contributed by atoms with Gasteiger partial charge < -0.3 is 19.7 Å². The molecule has 32 heavy (non-hydrogen) atoms. The van der Waals surface area contributed by atoms with Crippen molar-refractivity contribution in [3.8, 4) is 0 Å². The van der Waals surface area contributed by atoms with Gasteiger partial charge in [0.25, 0.3) is 0 Å². The Kier molecular flexibility index (Phi) is 8.04. The minimum atomic E-state index is -0.731. The molecule has 0 unspecified atom stereocenters. The predicted molar refractivity (Wildman–Crippen MR) is 124 cm³/mol. The molecule has 3 aromatic rings. The maximum absolute atomic E-state index is 11.0. The molecule has 4 atom stereocenters. The fourth-order valence-corrected chi connectivity index (χ4v) is 4.29. The third-order valence-electron chi connectivity index (χ3n) is 5.96. The first kappa shape index (κ1) is 22.6. The molecule has 1 saturated heterocycles. The lowest BCUT2D eigenvalue weighted by Crippen LogP contribution is -2.63. The van der Waals surface area contributed by atoms with E-state index in [0.29, 0.717) is 26.3 Å². The van der Waals surface area contributed by atoms with Crippen LogP contribution in [0.4, 0.5) is 0 Å². The van der Waals surface area contributed by atoms with Crippen LogP contribution in [-0.2, 0) is 29.2 Å². The summed E-state index contributed by atoms with van der Waals surface area (Å²) in [6.07, 6.45) is -1.74. The zero-order chi connectivity index (χ0) is 22.2. The fraction of sp³-hybridized carbons (Fsp3) is 0.333. The van der Waals surface area contributed by atoms with E-state index in [1.54, 1.807) is 0 Å². The fourth-order valence-electron chi connectivity index (χ4n) is 4.29. The molecule has 1 fully saturated rings. The van der Waals surface area contributed by atoms with E-state index in [0.717, 1.165) is 16.7 Å². The number of nitrogens with zero attached hydrogens (tertiary/aromatic N) is 1. The smallest absolute Gasteiger partial charge is 0.113 e. The Morgan fingerprint density at radius 2 is 1.16 bits per heavy atom. The van der Waals surface area contributed by atoms with Crippen LogP contribution in [0.5, 0.6) is 0 Å². The van der Waals surface area contributed by atoms with E-state index in [1.165, 1.54) is 0 Å². The SMILES string of the molecule is OC[C@H]1[C@@H](OCc2ccccc2)[C@H](OCc2ccccc2)[C@@H](O)CN1Cc1ccccc1. The van der Waals surface area contributed by atoms with Crippen molar-refractivity contribution in [1.82, 2.24) is 4.90 Å². The van der Waals surface area contributed by atoms with Crippen LogP contribution in [0, 0.1) is 0 Å². The molecule has 0 amide bonds. The summed E-state index contributed by atoms with van der Waals surface area (Å²) in [7, 11) is 0. The maximum atomic E-state index is 11.0. The number of benzene rings is 3. The Labute approximate surface area is 189 Å². The Hall–Kier alpha value is -2.54. The van der Waals surface area contributed by atoms with Crippen LogP contribution in [0.15, 0.2) is 91.0 Å². The maximum Gasteiger partial charge on any atom is 0.113 e. The van der Waals surface area contributed by atoms with Gasteiger partial charge >= 0.3 is 0 Å². The van der Waals surface area contributed by atoms with E-state index < -0.39 is 18.3 Å². The first-order valence-electron chi connectivity index (χ1n) is 11.1. The van der Waals surface area contributed by atoms with Crippen LogP contribution in [0.3, 0.4) is 0 Å². The van der Waals surface area contributed by atoms with Crippen molar-refractivity contribution in [2.24, 2.45) is 0 Å². The second-order valence-electron chi connectivity index (χ2n) is 8.25. The molecule has 2 N–H and O–H groups in total. The number of aliphatic hydroxyl groups is 2. The molecule has 4 rings (SSSR count). The Bertz CT molecular complexity index is 920. The lowest BCUT2D eigenvalue weighted by atomic mass is 9.93. The minimum absolute atomic E-state index is 0.0792. The summed E-state index contributed by atoms with van der Waals surface area (Å²) in [5.41, 5.74) is 3.21. The number of piperidine rings is 1. The molecule has 0 saturated carbocycles. The molecule has 0 radical (unpaired) electrons. The quantitative estimate of drug-likeness (QED) is 0.542. The Morgan fingerprint density at radius 3 is 1.66 bits per heavy atom. The third kappa shape index (κ3) is 5.82. The summed E-state index contributed by atoms with van der Waals surface area (Å²) in [5.74, 6) is 0. The number of aliphatic hydroxyl groups excluding tert-OH is 2. The van der Waals surface area contributed by atoms with Crippen molar-refractivity contribution in [1.29, 1.82) is 0 Å². The van der Waals surface area contributed by atoms with Crippen LogP contribution >= 0.6 is 0 Å². The van der Waals surface area contributed by atoms with E-state index in [2.05, 4.69) is 17.0 Å². The van der Waals surface area contributed by atoms with Gasteiger partial charge in [-0.25, -0.2) is 0 Å². The number of ether oxygens (including phenoxy) is 2. The number of likely N-dealkylation sites (tertiary alicyclic amines) is 1. The molecule has 168 valence electrons. The average Bonchev–Trinajstić information content (AvgIpc) is 2.84. The summed E-state index contributed by atoms with van der Waals surface area (Å²) in [6, 6.07) is 29.6. The number of β-amino-alcohol motifs (C(OH)–C–C–N with tert-alkyl or cyclic N) is 1. The highest BCUT2D eigenvalue weighted by Gasteiger charge is 2.44. The molecular formula is C27H31NO4. The molecule has 5 nitrogen and oxygen atoms in total. The van der Waals surface area contributed by atoms with E-state index in [9.17, 15) is 10.2 Å². The highest BCUT2D eigenvalue weighted by atomic mass is 16.6. The molecule has 1 aliphatic rings. The van der Waals surface area contributed by atoms with Crippen LogP contribution < -0.4 is 0 Å². The molecule has 0 bridgehead atoms. The summed E-state index contributed by atoms with van der Waals surface area (Å²) in [4.78, 5) is 2.10. The predicted octanol–water partition coefficient (Wildman–Crippen LogP) is 3.39. The molecule has 1 heterocycles. The van der Waals surface area contributed by atoms with Crippen molar-refractivity contribution >= 4 is 0 Å². The summed E-state index contributed by atoms with van der Waals surface area (Å²) < 4.78 is 12.5. The Morgan fingerprint density at radius 1 is 0.688 bits per heavy atom. The molecule has 0 aromatic heterocycles. The molecule has 1 aliphatic heterocycles. The molecule has 0 aliphatic carbocycles. The molecule has 3 aromatic carbocycles. The summed E-state index contributed by atoms with van der Waals surface area (Å²) in [5, 5.41) is 21.4. The van der Waals surface area contributed by atoms with Gasteiger partial charge in [-0.2, -0.15) is 0 Å². The summed E-state index contributed by atoms with van der Waals surface area (Å²) in [6.45, 7) is 1.72. The molecule has 0 spiro atoms. The third-order valence-corrected chi connectivity index (χ3v) is 5.96. The van der Waals surface area contributed by atoms with Gasteiger partial charge in [-0.3, -0.25) is 4.90 Å². The highest BCUT2D eigenvalue weighted by Crippen LogP contribution is 2.27. The van der Waals surface area contributed by atoms with E-state index in [4.69, 9.17) is 9.47 Å². The van der Waals surface area contributed by atoms with Gasteiger partial charge in [0.15, 0.2) is 0 Å². The second kappa shape index (κ2) is 11.4. The van der Waals surface area contributed by atoms with Gasteiger partial charge in [-0.1, -0.05) is 91.0 Å². The summed E-state index contributed by atoms with van der Waals surface area (Å²) >= 11 is 0. The number of hydrogen-bond donors (Lipinski definition) is 2. The van der Waals surface area contributed by atoms with Gasteiger partial charge in [0.05, 0.1) is 32.0 Å². The van der Waals surface area contributed by atoms with Crippen molar-refractivity contribution in [3.63, 3.8) is 0 Å². The van der Waals surface area contributed by atoms with Crippen molar-refractivity contribution in [2.75, 3.05) is 13.2 Å². The van der Waals surface area contributed by atoms with Gasteiger partial charge in [-0.15, -0.1) is 0 Å². The standard InChI is InChI=1S/C27H31NO4/c29-18-24-26(31-19-22-12-6-2-7-13-22)27(32-20-23-14-8-3-9-15-23)25(30)17-28(24)16-21-10-4-1-5-11-21/h1-15,24-27,29-30H,16-20H2/t24-,25-,26+,27+/m0/s1. The van der Waals surface area contributed by atoms with Crippen molar-refractivity contribution in [3.05, 3.63) is 108 Å². The van der Waals surface area contributed by atoms with E-state index in [-0.39, 0.29) is 12.6 Å². The zero-order valence-electron chi connectivity index (χ0n) is 18.2.